The zero-order valence-electron chi connectivity index (χ0n) is 20.1. The van der Waals surface area contributed by atoms with Crippen molar-refractivity contribution in [3.63, 3.8) is 0 Å². The van der Waals surface area contributed by atoms with Gasteiger partial charge in [0.15, 0.2) is 0 Å². The minimum Gasteiger partial charge on any atom is -0.439 e. The largest absolute Gasteiger partial charge is 0.439 e. The van der Waals surface area contributed by atoms with Crippen LogP contribution in [0.5, 0.6) is 11.6 Å². The minimum atomic E-state index is -0.417. The van der Waals surface area contributed by atoms with Crippen LogP contribution in [0.4, 0.5) is 21.9 Å². The number of amides is 4. The van der Waals surface area contributed by atoms with Crippen LogP contribution in [-0.2, 0) is 4.79 Å². The summed E-state index contributed by atoms with van der Waals surface area (Å²) in [5, 5.41) is 6.55. The monoisotopic (exact) mass is 526 g/mol. The van der Waals surface area contributed by atoms with E-state index >= 15 is 0 Å². The highest BCUT2D eigenvalue weighted by molar-refractivity contribution is 7.21. The summed E-state index contributed by atoms with van der Waals surface area (Å²) >= 11 is 1.21. The summed E-state index contributed by atoms with van der Waals surface area (Å²) in [6, 6.07) is 13.9. The molecule has 2 N–H and O–H groups in total. The molecule has 4 amide bonds. The molecular formula is C27H22N6O4S. The lowest BCUT2D eigenvalue weighted by Gasteiger charge is -2.28. The summed E-state index contributed by atoms with van der Waals surface area (Å²) in [6.45, 7) is 4.48. The second-order valence-electron chi connectivity index (χ2n) is 8.80. The van der Waals surface area contributed by atoms with Crippen molar-refractivity contribution in [2.45, 2.75) is 12.5 Å². The number of pyridine rings is 2. The van der Waals surface area contributed by atoms with Gasteiger partial charge < -0.3 is 20.3 Å². The van der Waals surface area contributed by atoms with Gasteiger partial charge in [-0.1, -0.05) is 24.8 Å². The smallest absolute Gasteiger partial charge is 0.331 e. The Balaban J connectivity index is 1.27. The number of hydrogen-bond donors (Lipinski definition) is 2. The molecule has 1 aromatic carbocycles. The fourth-order valence-corrected chi connectivity index (χ4v) is 5.66. The second kappa shape index (κ2) is 9.60. The lowest BCUT2D eigenvalue weighted by molar-refractivity contribution is -0.125. The van der Waals surface area contributed by atoms with Gasteiger partial charge in [0, 0.05) is 31.4 Å². The molecule has 2 aliphatic heterocycles. The number of nitrogens with zero attached hydrogens (tertiary/aromatic N) is 4. The quantitative estimate of drug-likeness (QED) is 0.352. The van der Waals surface area contributed by atoms with Crippen LogP contribution in [0.1, 0.15) is 16.1 Å². The van der Waals surface area contributed by atoms with Crippen molar-refractivity contribution in [1.29, 1.82) is 0 Å². The highest BCUT2D eigenvalue weighted by Gasteiger charge is 2.34. The number of hydrogen-bond acceptors (Lipinski definition) is 7. The molecule has 0 radical (unpaired) electrons. The third-order valence-electron chi connectivity index (χ3n) is 6.41. The highest BCUT2D eigenvalue weighted by atomic mass is 32.1. The average molecular weight is 527 g/mol. The number of aromatic nitrogens is 2. The van der Waals surface area contributed by atoms with Crippen LogP contribution < -0.4 is 20.3 Å². The average Bonchev–Trinajstić information content (AvgIpc) is 3.55. The molecule has 1 atom stereocenters. The number of urea groups is 1. The van der Waals surface area contributed by atoms with Crippen LogP contribution in [-0.4, -0.2) is 51.8 Å². The number of likely N-dealkylation sites (tertiary alicyclic amines) is 1. The predicted molar refractivity (Wildman–Crippen MR) is 144 cm³/mol. The molecule has 190 valence electrons. The molecule has 0 aliphatic carbocycles. The number of rotatable bonds is 6. The lowest BCUT2D eigenvalue weighted by atomic mass is 10.1. The first-order valence-electron chi connectivity index (χ1n) is 12.0. The van der Waals surface area contributed by atoms with E-state index in [-0.39, 0.29) is 17.9 Å². The van der Waals surface area contributed by atoms with Crippen molar-refractivity contribution in [3.8, 4) is 11.6 Å². The van der Waals surface area contributed by atoms with Gasteiger partial charge >= 0.3 is 6.03 Å². The predicted octanol–water partition coefficient (Wildman–Crippen LogP) is 4.68. The molecular weight excluding hydrogens is 504 g/mol. The van der Waals surface area contributed by atoms with Crippen LogP contribution in [0, 0.1) is 0 Å². The molecule has 0 bridgehead atoms. The number of para-hydroxylation sites is 1. The van der Waals surface area contributed by atoms with E-state index in [1.165, 1.54) is 22.3 Å². The van der Waals surface area contributed by atoms with Crippen LogP contribution in [0.3, 0.4) is 0 Å². The van der Waals surface area contributed by atoms with E-state index in [1.807, 2.05) is 30.3 Å². The van der Waals surface area contributed by atoms with E-state index in [2.05, 4.69) is 27.2 Å². The summed E-state index contributed by atoms with van der Waals surface area (Å²) in [4.78, 5) is 51.4. The number of carbonyl (C=O) groups is 3. The van der Waals surface area contributed by atoms with Crippen molar-refractivity contribution >= 4 is 56.5 Å². The Morgan fingerprint density at radius 1 is 1.16 bits per heavy atom. The fraction of sp³-hybridized carbons (Fsp3) is 0.148. The lowest BCUT2D eigenvalue weighted by Crippen LogP contribution is -2.39. The van der Waals surface area contributed by atoms with Crippen molar-refractivity contribution in [2.75, 3.05) is 23.3 Å². The highest BCUT2D eigenvalue weighted by Crippen LogP contribution is 2.45. The molecule has 38 heavy (non-hydrogen) atoms. The Morgan fingerprint density at radius 2 is 2.00 bits per heavy atom. The van der Waals surface area contributed by atoms with Crippen LogP contribution in [0.25, 0.3) is 10.2 Å². The molecule has 2 aliphatic rings. The van der Waals surface area contributed by atoms with Gasteiger partial charge in [-0.05, 0) is 36.8 Å². The Hall–Kier alpha value is -4.77. The molecule has 5 heterocycles. The zero-order chi connectivity index (χ0) is 26.2. The van der Waals surface area contributed by atoms with Gasteiger partial charge in [-0.25, -0.2) is 14.8 Å². The normalized spacial score (nSPS) is 16.3. The first-order valence-corrected chi connectivity index (χ1v) is 12.8. The molecule has 3 aromatic heterocycles. The fourth-order valence-electron chi connectivity index (χ4n) is 4.63. The number of ether oxygens (including phenoxy) is 1. The number of nitrogens with one attached hydrogen (secondary N) is 2. The molecule has 4 aromatic rings. The van der Waals surface area contributed by atoms with E-state index in [4.69, 9.17) is 4.74 Å². The zero-order valence-corrected chi connectivity index (χ0v) is 20.9. The maximum atomic E-state index is 13.3. The summed E-state index contributed by atoms with van der Waals surface area (Å²) in [5.41, 5.74) is 1.57. The van der Waals surface area contributed by atoms with E-state index in [1.54, 1.807) is 35.5 Å². The van der Waals surface area contributed by atoms with Gasteiger partial charge in [-0.2, -0.15) is 0 Å². The minimum absolute atomic E-state index is 0.158. The molecule has 0 unspecified atom stereocenters. The third kappa shape index (κ3) is 4.22. The van der Waals surface area contributed by atoms with Crippen molar-refractivity contribution in [2.24, 2.45) is 0 Å². The van der Waals surface area contributed by atoms with Crippen molar-refractivity contribution in [1.82, 2.24) is 20.2 Å². The van der Waals surface area contributed by atoms with Gasteiger partial charge in [0.05, 0.1) is 28.6 Å². The maximum Gasteiger partial charge on any atom is 0.331 e. The second-order valence-corrected chi connectivity index (χ2v) is 9.80. The SMILES string of the molecule is C=CC(=O)N1CC[C@@H](NC(=O)c2sc3nccc4c3c2NC(=O)N4c2ccc(Oc3ccccc3)nc2)C1. The van der Waals surface area contributed by atoms with Gasteiger partial charge in [0.2, 0.25) is 11.8 Å². The molecule has 0 saturated carbocycles. The van der Waals surface area contributed by atoms with Crippen LogP contribution in [0.2, 0.25) is 0 Å². The molecule has 11 heteroatoms. The topological polar surface area (TPSA) is 117 Å². The van der Waals surface area contributed by atoms with Crippen molar-refractivity contribution in [3.05, 3.63) is 78.5 Å². The van der Waals surface area contributed by atoms with Gasteiger partial charge in [-0.3, -0.25) is 14.5 Å². The number of carbonyl (C=O) groups excluding carboxylic acids is 3. The Bertz CT molecular complexity index is 1570. The number of thiophene rings is 1. The van der Waals surface area contributed by atoms with Gasteiger partial charge in [0.1, 0.15) is 15.5 Å². The van der Waals surface area contributed by atoms with Crippen LogP contribution in [0.15, 0.2) is 73.6 Å². The van der Waals surface area contributed by atoms with E-state index in [0.717, 1.165) is 0 Å². The molecule has 1 fully saturated rings. The van der Waals surface area contributed by atoms with E-state index in [0.29, 0.717) is 63.3 Å². The summed E-state index contributed by atoms with van der Waals surface area (Å²) in [6.07, 6.45) is 5.09. The summed E-state index contributed by atoms with van der Waals surface area (Å²) in [5.74, 6) is 0.581. The van der Waals surface area contributed by atoms with Gasteiger partial charge in [0.25, 0.3) is 5.91 Å². The Kier molecular flexibility index (Phi) is 5.97. The number of benzene rings is 1. The van der Waals surface area contributed by atoms with E-state index in [9.17, 15) is 14.4 Å². The van der Waals surface area contributed by atoms with Crippen molar-refractivity contribution < 1.29 is 19.1 Å². The maximum absolute atomic E-state index is 13.3. The summed E-state index contributed by atoms with van der Waals surface area (Å²) in [7, 11) is 0. The molecule has 1 saturated heterocycles. The summed E-state index contributed by atoms with van der Waals surface area (Å²) < 4.78 is 5.76. The van der Waals surface area contributed by atoms with Crippen LogP contribution >= 0.6 is 11.3 Å². The van der Waals surface area contributed by atoms with E-state index < -0.39 is 6.03 Å². The Labute approximate surface area is 221 Å². The third-order valence-corrected chi connectivity index (χ3v) is 7.50. The first kappa shape index (κ1) is 23.6. The Morgan fingerprint density at radius 3 is 2.76 bits per heavy atom. The number of anilines is 3. The molecule has 10 nitrogen and oxygen atoms in total. The molecule has 6 rings (SSSR count). The molecule has 0 spiro atoms. The van der Waals surface area contributed by atoms with Gasteiger partial charge in [-0.15, -0.1) is 11.3 Å². The standard InChI is InChI=1S/C27H22N6O4S/c1-2-21(34)32-13-11-16(15-32)30-25(35)24-23-22-19(10-12-28-26(22)38-24)33(27(36)31-23)17-8-9-20(29-14-17)37-18-6-4-3-5-7-18/h2-10,12,14,16H,1,11,13,15H2,(H,30,35)(H,31,36)/t16-/m1/s1. The first-order chi connectivity index (χ1) is 18.5.